The van der Waals surface area contributed by atoms with Gasteiger partial charge < -0.3 is 5.48 Å². The Kier molecular flexibility index (Phi) is 106. The Bertz CT molecular complexity index is 6.00. The molecule has 0 aromatic carbocycles. The molecule has 2 nitrogen and oxygen atoms in total. The van der Waals surface area contributed by atoms with E-state index in [1.807, 2.05) is 0 Å². The van der Waals surface area contributed by atoms with E-state index in [1.165, 1.54) is 0 Å². The Balaban J connectivity index is -0.00000000500. The first-order valence-electron chi connectivity index (χ1n) is 0.123. The van der Waals surface area contributed by atoms with Crippen molar-refractivity contribution in [3.05, 3.63) is 0 Å². The predicted octanol–water partition coefficient (Wildman–Crippen LogP) is -0.947. The Morgan fingerprint density at radius 2 is 1.25 bits per heavy atom. The first kappa shape index (κ1) is 17.7. The molecule has 4 heavy (non-hydrogen) atoms. The van der Waals surface area contributed by atoms with E-state index in [1.54, 1.807) is 0 Å². The average molecular weight is 138 g/mol. The van der Waals surface area contributed by atoms with Gasteiger partial charge in [0.2, 0.25) is 0 Å². The summed E-state index contributed by atoms with van der Waals surface area (Å²) >= 11 is 2.94. The normalized spacial score (nSPS) is 1.50. The molecule has 0 aromatic heterocycles. The van der Waals surface area contributed by atoms with Crippen LogP contribution in [-0.2, 0) is 19.8 Å². The van der Waals surface area contributed by atoms with Crippen LogP contribution in [0.5, 0.6) is 0 Å². The fraction of sp³-hybridized carbons (Fsp3) is 0. The molecule has 0 amide bonds. The predicted molar refractivity (Wildman–Crippen MR) is 9.77 cm³/mol. The zero-order chi connectivity index (χ0) is 2.00. The molecule has 0 aromatic rings. The third kappa shape index (κ3) is 9.63. The SMILES string of the molecule is [CaH+].[OH-].[O]=[Cu]. The van der Waals surface area contributed by atoms with E-state index < -0.39 is 0 Å². The van der Waals surface area contributed by atoms with Crippen LogP contribution in [0.1, 0.15) is 0 Å². The number of hydrogen-bond acceptors (Lipinski definition) is 2. The maximum atomic E-state index is 7.81. The topological polar surface area (TPSA) is 47.1 Å². The first-order chi connectivity index (χ1) is 1.00. The fourth-order valence-electron chi connectivity index (χ4n) is 0. The van der Waals surface area contributed by atoms with Crippen LogP contribution in [0.15, 0.2) is 0 Å². The van der Waals surface area contributed by atoms with Crippen LogP contribution in [-0.4, -0.2) is 43.2 Å². The molecule has 0 aliphatic rings. The third-order valence-corrected chi connectivity index (χ3v) is 0. The van der Waals surface area contributed by atoms with Crippen molar-refractivity contribution in [1.29, 1.82) is 0 Å². The van der Waals surface area contributed by atoms with Crippen molar-refractivity contribution >= 4 is 37.7 Å². The Morgan fingerprint density at radius 3 is 1.25 bits per heavy atom. The monoisotopic (exact) mass is 137 g/mol. The zero-order valence-corrected chi connectivity index (χ0v) is 6.22. The van der Waals surface area contributed by atoms with Gasteiger partial charge >= 0.3 is 57.5 Å². The minimum absolute atomic E-state index is 0. The van der Waals surface area contributed by atoms with Gasteiger partial charge in [0, 0.05) is 0 Å². The second-order valence-corrected chi connectivity index (χ2v) is 0. The molecule has 0 radical (unpaired) electrons. The molecule has 27 valence electrons. The van der Waals surface area contributed by atoms with E-state index in [9.17, 15) is 0 Å². The van der Waals surface area contributed by atoms with E-state index in [-0.39, 0.29) is 43.2 Å². The maximum absolute atomic E-state index is 7.81. The molecule has 0 aliphatic heterocycles. The van der Waals surface area contributed by atoms with Crippen molar-refractivity contribution < 1.29 is 25.3 Å². The van der Waals surface area contributed by atoms with Gasteiger partial charge in [-0.2, -0.15) is 0 Å². The molecule has 0 bridgehead atoms. The van der Waals surface area contributed by atoms with Gasteiger partial charge in [0.1, 0.15) is 0 Å². The van der Waals surface area contributed by atoms with Crippen molar-refractivity contribution in [3.63, 3.8) is 0 Å². The van der Waals surface area contributed by atoms with Gasteiger partial charge in [-0.1, -0.05) is 0 Å². The summed E-state index contributed by atoms with van der Waals surface area (Å²) in [5, 5.41) is 0. The van der Waals surface area contributed by atoms with Crippen LogP contribution in [0.2, 0.25) is 0 Å². The zero-order valence-electron chi connectivity index (χ0n) is 2.16. The summed E-state index contributed by atoms with van der Waals surface area (Å²) in [6.45, 7) is 0. The minimum atomic E-state index is 0. The van der Waals surface area contributed by atoms with Gasteiger partial charge in [0.25, 0.3) is 0 Å². The molecular formula is H2CaCuO2. The molecule has 4 heteroatoms. The van der Waals surface area contributed by atoms with E-state index in [2.05, 4.69) is 15.9 Å². The molecule has 0 rings (SSSR count). The summed E-state index contributed by atoms with van der Waals surface area (Å²) in [6, 6.07) is 0. The summed E-state index contributed by atoms with van der Waals surface area (Å²) in [5.74, 6) is 0. The van der Waals surface area contributed by atoms with Gasteiger partial charge in [-0.15, -0.1) is 0 Å². The number of hydrogen-bond donors (Lipinski definition) is 0. The van der Waals surface area contributed by atoms with Crippen LogP contribution in [0.25, 0.3) is 0 Å². The first-order valence-corrected chi connectivity index (χ1v) is 0.508. The van der Waals surface area contributed by atoms with Gasteiger partial charge in [-0.25, -0.2) is 0 Å². The van der Waals surface area contributed by atoms with Crippen molar-refractivity contribution in [3.8, 4) is 0 Å². The molecule has 0 saturated heterocycles. The van der Waals surface area contributed by atoms with Crippen molar-refractivity contribution in [1.82, 2.24) is 0 Å². The molecule has 1 N–H and O–H groups in total. The molecule has 0 fully saturated rings. The second-order valence-electron chi connectivity index (χ2n) is 0. The Hall–Kier alpha value is 1.54. The molecule has 0 saturated carbocycles. The van der Waals surface area contributed by atoms with Crippen LogP contribution in [0.4, 0.5) is 0 Å². The van der Waals surface area contributed by atoms with Crippen LogP contribution in [0.3, 0.4) is 0 Å². The van der Waals surface area contributed by atoms with E-state index >= 15 is 0 Å². The van der Waals surface area contributed by atoms with Crippen LogP contribution >= 0.6 is 0 Å². The van der Waals surface area contributed by atoms with E-state index in [4.69, 9.17) is 3.83 Å². The molecule has 0 spiro atoms. The van der Waals surface area contributed by atoms with Gasteiger partial charge in [-0.3, -0.25) is 0 Å². The summed E-state index contributed by atoms with van der Waals surface area (Å²) in [7, 11) is 0. The Labute approximate surface area is 62.3 Å². The van der Waals surface area contributed by atoms with Crippen LogP contribution < -0.4 is 0 Å². The Morgan fingerprint density at radius 1 is 1.25 bits per heavy atom. The molecule has 0 atom stereocenters. The molecular weight excluding hydrogens is 136 g/mol. The van der Waals surface area contributed by atoms with Gasteiger partial charge in [0.15, 0.2) is 0 Å². The van der Waals surface area contributed by atoms with Gasteiger partial charge in [-0.05, 0) is 0 Å². The summed E-state index contributed by atoms with van der Waals surface area (Å²) in [5.41, 5.74) is 0. The average Bonchev–Trinajstić information content (AvgIpc) is 1.00. The van der Waals surface area contributed by atoms with Crippen molar-refractivity contribution in [2.24, 2.45) is 0 Å². The molecule has 0 aliphatic carbocycles. The van der Waals surface area contributed by atoms with Crippen LogP contribution in [0, 0.1) is 0 Å². The fourth-order valence-corrected chi connectivity index (χ4v) is 0. The number of rotatable bonds is 0. The standard InChI is InChI=1S/Ca.Cu.H2O.O.H/h;;1H2;;/q+1;;;;/p-1. The summed E-state index contributed by atoms with van der Waals surface area (Å²) in [6.07, 6.45) is 0. The molecule has 0 heterocycles. The third-order valence-electron chi connectivity index (χ3n) is 0. The van der Waals surface area contributed by atoms with E-state index in [0.29, 0.717) is 0 Å². The quantitative estimate of drug-likeness (QED) is 0.405. The van der Waals surface area contributed by atoms with Crippen molar-refractivity contribution in [2.75, 3.05) is 0 Å². The second kappa shape index (κ2) is 24.0. The molecule has 0 unspecified atom stereocenters. The van der Waals surface area contributed by atoms with Gasteiger partial charge in [0.05, 0.1) is 0 Å². The summed E-state index contributed by atoms with van der Waals surface area (Å²) < 4.78 is 7.81. The van der Waals surface area contributed by atoms with E-state index in [0.717, 1.165) is 0 Å². The summed E-state index contributed by atoms with van der Waals surface area (Å²) in [4.78, 5) is 0. The van der Waals surface area contributed by atoms with Crippen molar-refractivity contribution in [2.45, 2.75) is 0 Å².